The Hall–Kier alpha value is -4.07. The van der Waals surface area contributed by atoms with Crippen LogP contribution >= 0.6 is 0 Å². The van der Waals surface area contributed by atoms with Crippen LogP contribution < -0.4 is 10.1 Å². The number of aromatic nitrogens is 5. The molecule has 8 nitrogen and oxygen atoms in total. The molecule has 0 aliphatic carbocycles. The molecule has 1 aliphatic heterocycles. The molecule has 2 aromatic heterocycles. The summed E-state index contributed by atoms with van der Waals surface area (Å²) >= 11 is 0. The van der Waals surface area contributed by atoms with Crippen LogP contribution in [0.2, 0.25) is 0 Å². The first kappa shape index (κ1) is 19.9. The third kappa shape index (κ3) is 3.49. The molecule has 0 spiro atoms. The molecule has 0 bridgehead atoms. The van der Waals surface area contributed by atoms with Gasteiger partial charge in [0, 0.05) is 23.5 Å². The second-order valence-corrected chi connectivity index (χ2v) is 7.85. The molecule has 4 aromatic rings. The fourth-order valence-corrected chi connectivity index (χ4v) is 4.06. The zero-order valence-electron chi connectivity index (χ0n) is 18.0. The summed E-state index contributed by atoms with van der Waals surface area (Å²) in [5, 5.41) is 16.0. The summed E-state index contributed by atoms with van der Waals surface area (Å²) in [7, 11) is 1.63. The Morgan fingerprint density at radius 1 is 1.06 bits per heavy atom. The van der Waals surface area contributed by atoms with E-state index in [0.29, 0.717) is 23.9 Å². The highest BCUT2D eigenvalue weighted by atomic mass is 16.5. The zero-order valence-corrected chi connectivity index (χ0v) is 18.0. The largest absolute Gasteiger partial charge is 0.497 e. The number of aryl methyl sites for hydroxylation is 2. The molecule has 1 atom stereocenters. The van der Waals surface area contributed by atoms with E-state index in [0.717, 1.165) is 28.1 Å². The number of methoxy groups -OCH3 is 1. The summed E-state index contributed by atoms with van der Waals surface area (Å²) in [6.45, 7) is 3.97. The number of carbonyl (C=O) groups is 1. The predicted molar refractivity (Wildman–Crippen MR) is 120 cm³/mol. The van der Waals surface area contributed by atoms with E-state index in [2.05, 4.69) is 25.6 Å². The van der Waals surface area contributed by atoms with Gasteiger partial charge in [-0.1, -0.05) is 42.0 Å². The van der Waals surface area contributed by atoms with Crippen molar-refractivity contribution in [3.8, 4) is 23.0 Å². The lowest BCUT2D eigenvalue weighted by Gasteiger charge is -2.24. The molecular weight excluding hydrogens is 404 g/mol. The standard InChI is InChI=1S/C24H22N6O2/c1-14-4-6-17(7-5-14)20-13-25-28-24(26-20)30-23-22(15(2)29-30)19(12-21(31)27-23)16-8-10-18(32-3)11-9-16/h4-11,13,19H,12H2,1-3H3,(H,27,31)/t19-/m1/s1. The molecule has 32 heavy (non-hydrogen) atoms. The molecule has 5 rings (SSSR count). The molecular formula is C24H22N6O2. The Morgan fingerprint density at radius 2 is 1.81 bits per heavy atom. The monoisotopic (exact) mass is 426 g/mol. The summed E-state index contributed by atoms with van der Waals surface area (Å²) in [6, 6.07) is 15.8. The van der Waals surface area contributed by atoms with Gasteiger partial charge in [-0.25, -0.2) is 4.98 Å². The van der Waals surface area contributed by atoms with Crippen molar-refractivity contribution in [1.82, 2.24) is 25.0 Å². The zero-order chi connectivity index (χ0) is 22.2. The minimum atomic E-state index is -0.119. The number of ether oxygens (including phenoxy) is 1. The number of hydrogen-bond acceptors (Lipinski definition) is 6. The molecule has 0 saturated carbocycles. The van der Waals surface area contributed by atoms with Crippen LogP contribution in [-0.2, 0) is 4.79 Å². The van der Waals surface area contributed by atoms with Crippen LogP contribution in [0.5, 0.6) is 5.75 Å². The van der Waals surface area contributed by atoms with Crippen molar-refractivity contribution >= 4 is 11.7 Å². The molecule has 3 heterocycles. The van der Waals surface area contributed by atoms with E-state index in [1.54, 1.807) is 18.0 Å². The molecule has 0 radical (unpaired) electrons. The van der Waals surface area contributed by atoms with Crippen LogP contribution in [0.3, 0.4) is 0 Å². The Morgan fingerprint density at radius 3 is 2.53 bits per heavy atom. The van der Waals surface area contributed by atoms with Gasteiger partial charge in [0.1, 0.15) is 11.6 Å². The number of anilines is 1. The molecule has 1 amide bonds. The fraction of sp³-hybridized carbons (Fsp3) is 0.208. The van der Waals surface area contributed by atoms with E-state index in [1.807, 2.05) is 62.4 Å². The molecule has 8 heteroatoms. The molecule has 0 fully saturated rings. The topological polar surface area (TPSA) is 94.8 Å². The van der Waals surface area contributed by atoms with Gasteiger partial charge in [0.05, 0.1) is 24.7 Å². The Balaban J connectivity index is 1.58. The first-order valence-corrected chi connectivity index (χ1v) is 10.3. The third-order valence-corrected chi connectivity index (χ3v) is 5.71. The summed E-state index contributed by atoms with van der Waals surface area (Å²) in [4.78, 5) is 17.3. The SMILES string of the molecule is COc1ccc([C@H]2CC(=O)Nc3c2c(C)nn3-c2nncc(-c3ccc(C)cc3)n2)cc1. The number of nitrogens with zero attached hydrogens (tertiary/aromatic N) is 5. The average molecular weight is 426 g/mol. The van der Waals surface area contributed by atoms with E-state index in [1.165, 1.54) is 5.56 Å². The highest BCUT2D eigenvalue weighted by Crippen LogP contribution is 2.40. The third-order valence-electron chi connectivity index (χ3n) is 5.71. The summed E-state index contributed by atoms with van der Waals surface area (Å²) < 4.78 is 6.84. The van der Waals surface area contributed by atoms with Crippen LogP contribution in [0.15, 0.2) is 54.7 Å². The number of nitrogens with one attached hydrogen (secondary N) is 1. The summed E-state index contributed by atoms with van der Waals surface area (Å²) in [5.41, 5.74) is 5.58. The number of fused-ring (bicyclic) bond motifs is 1. The van der Waals surface area contributed by atoms with E-state index >= 15 is 0 Å². The minimum Gasteiger partial charge on any atom is -0.497 e. The lowest BCUT2D eigenvalue weighted by Crippen LogP contribution is -2.25. The normalized spacial score (nSPS) is 15.2. The maximum Gasteiger partial charge on any atom is 0.272 e. The lowest BCUT2D eigenvalue weighted by molar-refractivity contribution is -0.116. The minimum absolute atomic E-state index is 0.0814. The van der Waals surface area contributed by atoms with Gasteiger partial charge in [-0.15, -0.1) is 5.10 Å². The van der Waals surface area contributed by atoms with Gasteiger partial charge >= 0.3 is 0 Å². The summed E-state index contributed by atoms with van der Waals surface area (Å²) in [6.07, 6.45) is 1.96. The van der Waals surface area contributed by atoms with Crippen LogP contribution in [0.4, 0.5) is 5.82 Å². The van der Waals surface area contributed by atoms with Gasteiger partial charge in [-0.3, -0.25) is 4.79 Å². The predicted octanol–water partition coefficient (Wildman–Crippen LogP) is 3.82. The maximum atomic E-state index is 12.6. The van der Waals surface area contributed by atoms with Crippen LogP contribution in [0, 0.1) is 13.8 Å². The molecule has 0 saturated heterocycles. The van der Waals surface area contributed by atoms with Gasteiger partial charge in [0.2, 0.25) is 5.91 Å². The van der Waals surface area contributed by atoms with E-state index in [-0.39, 0.29) is 11.8 Å². The van der Waals surface area contributed by atoms with E-state index in [9.17, 15) is 4.79 Å². The van der Waals surface area contributed by atoms with Crippen molar-refractivity contribution in [1.29, 1.82) is 0 Å². The first-order valence-electron chi connectivity index (χ1n) is 10.3. The van der Waals surface area contributed by atoms with Gasteiger partial charge in [0.15, 0.2) is 0 Å². The van der Waals surface area contributed by atoms with Crippen molar-refractivity contribution in [2.24, 2.45) is 0 Å². The summed E-state index contributed by atoms with van der Waals surface area (Å²) in [5.74, 6) is 1.47. The van der Waals surface area contributed by atoms with E-state index in [4.69, 9.17) is 4.74 Å². The van der Waals surface area contributed by atoms with Gasteiger partial charge in [-0.2, -0.15) is 14.9 Å². The number of amides is 1. The van der Waals surface area contributed by atoms with Crippen molar-refractivity contribution in [2.75, 3.05) is 12.4 Å². The lowest BCUT2D eigenvalue weighted by atomic mass is 9.86. The molecule has 160 valence electrons. The van der Waals surface area contributed by atoms with Gasteiger partial charge < -0.3 is 10.1 Å². The Bertz CT molecular complexity index is 1300. The van der Waals surface area contributed by atoms with Crippen LogP contribution in [-0.4, -0.2) is 38.0 Å². The van der Waals surface area contributed by atoms with E-state index < -0.39 is 0 Å². The van der Waals surface area contributed by atoms with Crippen molar-refractivity contribution in [2.45, 2.75) is 26.2 Å². The number of carbonyl (C=O) groups excluding carboxylic acids is 1. The second-order valence-electron chi connectivity index (χ2n) is 7.85. The fourth-order valence-electron chi connectivity index (χ4n) is 4.06. The second kappa shape index (κ2) is 7.88. The van der Waals surface area contributed by atoms with Crippen molar-refractivity contribution in [3.63, 3.8) is 0 Å². The van der Waals surface area contributed by atoms with Gasteiger partial charge in [0.25, 0.3) is 5.95 Å². The number of benzene rings is 2. The van der Waals surface area contributed by atoms with Crippen molar-refractivity contribution < 1.29 is 9.53 Å². The molecule has 0 unspecified atom stereocenters. The van der Waals surface area contributed by atoms with Crippen LogP contribution in [0.1, 0.15) is 34.7 Å². The molecule has 1 aliphatic rings. The quantitative estimate of drug-likeness (QED) is 0.533. The van der Waals surface area contributed by atoms with Gasteiger partial charge in [-0.05, 0) is 31.5 Å². The molecule has 2 aromatic carbocycles. The Labute approximate surface area is 185 Å². The first-order chi connectivity index (χ1) is 15.5. The average Bonchev–Trinajstić information content (AvgIpc) is 3.15. The highest BCUT2D eigenvalue weighted by molar-refractivity contribution is 5.95. The highest BCUT2D eigenvalue weighted by Gasteiger charge is 2.33. The Kier molecular flexibility index (Phi) is 4.89. The maximum absolute atomic E-state index is 12.6. The number of hydrogen-bond donors (Lipinski definition) is 1. The number of rotatable bonds is 4. The smallest absolute Gasteiger partial charge is 0.272 e. The van der Waals surface area contributed by atoms with Crippen molar-refractivity contribution in [3.05, 3.63) is 77.1 Å². The van der Waals surface area contributed by atoms with Crippen LogP contribution in [0.25, 0.3) is 17.2 Å². The molecule has 1 N–H and O–H groups in total.